The maximum absolute atomic E-state index is 6.16. The van der Waals surface area contributed by atoms with Crippen LogP contribution in [0.5, 0.6) is 0 Å². The molecule has 1 heterocycles. The molecule has 44 heavy (non-hydrogen) atoms. The molecule has 0 N–H and O–H groups in total. The summed E-state index contributed by atoms with van der Waals surface area (Å²) in [7, 11) is 0. The van der Waals surface area contributed by atoms with Gasteiger partial charge < -0.3 is 9.32 Å². The number of oxazole rings is 1. The zero-order chi connectivity index (χ0) is 29.3. The maximum atomic E-state index is 6.16. The smallest absolute Gasteiger partial charge is 0.227 e. The van der Waals surface area contributed by atoms with Crippen LogP contribution in [0.1, 0.15) is 19.3 Å². The van der Waals surface area contributed by atoms with Crippen molar-refractivity contribution in [3.63, 3.8) is 0 Å². The molecule has 212 valence electrons. The van der Waals surface area contributed by atoms with Crippen LogP contribution >= 0.6 is 0 Å². The predicted octanol–water partition coefficient (Wildman–Crippen LogP) is 11.2. The van der Waals surface area contributed by atoms with E-state index in [1.165, 1.54) is 22.4 Å². The number of hydrogen-bond donors (Lipinski definition) is 0. The Hall–Kier alpha value is -5.41. The van der Waals surface area contributed by atoms with E-state index in [0.29, 0.717) is 11.8 Å². The number of rotatable bonds is 6. The van der Waals surface area contributed by atoms with Gasteiger partial charge in [0.25, 0.3) is 0 Å². The van der Waals surface area contributed by atoms with Crippen molar-refractivity contribution in [1.29, 1.82) is 0 Å². The van der Waals surface area contributed by atoms with Gasteiger partial charge in [-0.15, -0.1) is 0 Å². The second-order valence-corrected chi connectivity index (χ2v) is 11.4. The van der Waals surface area contributed by atoms with Crippen LogP contribution in [0, 0.1) is 5.92 Å². The van der Waals surface area contributed by atoms with E-state index in [2.05, 4.69) is 120 Å². The lowest BCUT2D eigenvalue weighted by Crippen LogP contribution is -2.17. The van der Waals surface area contributed by atoms with Gasteiger partial charge in [0.05, 0.1) is 0 Å². The summed E-state index contributed by atoms with van der Waals surface area (Å²) in [6, 6.07) is 40.3. The summed E-state index contributed by atoms with van der Waals surface area (Å²) < 4.78 is 6.16. The van der Waals surface area contributed by atoms with Gasteiger partial charge in [0.2, 0.25) is 5.89 Å². The summed E-state index contributed by atoms with van der Waals surface area (Å²) >= 11 is 0. The van der Waals surface area contributed by atoms with Crippen LogP contribution in [0.3, 0.4) is 0 Å². The minimum Gasteiger partial charge on any atom is -0.436 e. The Morgan fingerprint density at radius 2 is 1.43 bits per heavy atom. The van der Waals surface area contributed by atoms with Crippen LogP contribution in [-0.2, 0) is 0 Å². The maximum Gasteiger partial charge on any atom is 0.227 e. The largest absolute Gasteiger partial charge is 0.436 e. The molecule has 0 radical (unpaired) electrons. The molecule has 0 spiro atoms. The first-order valence-electron chi connectivity index (χ1n) is 15.4. The predicted molar refractivity (Wildman–Crippen MR) is 183 cm³/mol. The molecule has 0 saturated heterocycles. The topological polar surface area (TPSA) is 29.3 Å². The highest BCUT2D eigenvalue weighted by molar-refractivity contribution is 6.09. The van der Waals surface area contributed by atoms with Crippen molar-refractivity contribution in [1.82, 2.24) is 4.98 Å². The Balaban J connectivity index is 1.14. The molecule has 0 bridgehead atoms. The first-order valence-corrected chi connectivity index (χ1v) is 15.4. The van der Waals surface area contributed by atoms with Crippen LogP contribution < -0.4 is 4.90 Å². The molecule has 6 aromatic rings. The number of aromatic nitrogens is 1. The van der Waals surface area contributed by atoms with E-state index in [-0.39, 0.29) is 0 Å². The van der Waals surface area contributed by atoms with Crippen molar-refractivity contribution < 1.29 is 4.42 Å². The Kier molecular flexibility index (Phi) is 6.77. The van der Waals surface area contributed by atoms with Crippen molar-refractivity contribution in [2.24, 2.45) is 5.92 Å². The van der Waals surface area contributed by atoms with Gasteiger partial charge in [0, 0.05) is 33.9 Å². The van der Waals surface area contributed by atoms with Gasteiger partial charge in [-0.05, 0) is 96.0 Å². The van der Waals surface area contributed by atoms with Crippen molar-refractivity contribution in [2.75, 3.05) is 4.90 Å². The average molecular weight is 569 g/mol. The molecule has 1 aromatic heterocycles. The summed E-state index contributed by atoms with van der Waals surface area (Å²) in [5.74, 6) is 1.09. The van der Waals surface area contributed by atoms with Gasteiger partial charge in [-0.3, -0.25) is 0 Å². The van der Waals surface area contributed by atoms with Gasteiger partial charge >= 0.3 is 0 Å². The van der Waals surface area contributed by atoms with Gasteiger partial charge in [-0.2, -0.15) is 0 Å². The lowest BCUT2D eigenvalue weighted by molar-refractivity contribution is 0.620. The molecule has 0 amide bonds. The Bertz CT molecular complexity index is 2080. The molecular formula is C41H32N2O. The fourth-order valence-electron chi connectivity index (χ4n) is 6.45. The van der Waals surface area contributed by atoms with E-state index in [0.717, 1.165) is 58.1 Å². The summed E-state index contributed by atoms with van der Waals surface area (Å²) in [6.07, 6.45) is 17.3. The van der Waals surface area contributed by atoms with Crippen molar-refractivity contribution in [2.45, 2.75) is 19.3 Å². The Morgan fingerprint density at radius 3 is 2.18 bits per heavy atom. The number of benzene rings is 5. The molecule has 0 fully saturated rings. The van der Waals surface area contributed by atoms with Crippen molar-refractivity contribution >= 4 is 33.2 Å². The van der Waals surface area contributed by atoms with E-state index >= 15 is 0 Å². The molecule has 3 nitrogen and oxygen atoms in total. The van der Waals surface area contributed by atoms with Gasteiger partial charge in [0.15, 0.2) is 5.58 Å². The third-order valence-electron chi connectivity index (χ3n) is 8.68. The molecule has 2 aliphatic carbocycles. The summed E-state index contributed by atoms with van der Waals surface area (Å²) in [6.45, 7) is 0. The first-order chi connectivity index (χ1) is 21.8. The molecule has 8 rings (SSSR count). The lowest BCUT2D eigenvalue weighted by Gasteiger charge is -2.29. The molecule has 0 aliphatic heterocycles. The van der Waals surface area contributed by atoms with Gasteiger partial charge in [-0.25, -0.2) is 4.98 Å². The molecule has 2 aliphatic rings. The average Bonchev–Trinajstić information content (AvgIpc) is 3.56. The molecule has 1 unspecified atom stereocenters. The summed E-state index contributed by atoms with van der Waals surface area (Å²) in [5, 5.41) is 2.26. The normalized spacial score (nSPS) is 16.2. The fourth-order valence-corrected chi connectivity index (χ4v) is 6.45. The number of allylic oxidation sites excluding steroid dienone is 7. The minimum atomic E-state index is 0.446. The monoisotopic (exact) mass is 568 g/mol. The summed E-state index contributed by atoms with van der Waals surface area (Å²) in [4.78, 5) is 7.27. The Labute approximate surface area is 257 Å². The third kappa shape index (κ3) is 4.87. The lowest BCUT2D eigenvalue weighted by atomic mass is 9.88. The SMILES string of the molecule is C1=CC(C2C=CC(N(c3ccccc3)c3ccc(-c4cccc5c4ccc4oc(-c6ccccc6)nc45)cc3)=CC2)=CCC1. The van der Waals surface area contributed by atoms with Crippen LogP contribution in [0.25, 0.3) is 44.5 Å². The van der Waals surface area contributed by atoms with E-state index in [9.17, 15) is 0 Å². The molecular weight excluding hydrogens is 536 g/mol. The zero-order valence-corrected chi connectivity index (χ0v) is 24.4. The number of para-hydroxylation sites is 1. The van der Waals surface area contributed by atoms with Crippen LogP contribution in [0.2, 0.25) is 0 Å². The first kappa shape index (κ1) is 26.2. The van der Waals surface area contributed by atoms with E-state index < -0.39 is 0 Å². The molecule has 3 heteroatoms. The number of fused-ring (bicyclic) bond motifs is 3. The van der Waals surface area contributed by atoms with Crippen LogP contribution in [-0.4, -0.2) is 4.98 Å². The van der Waals surface area contributed by atoms with Crippen LogP contribution in [0.15, 0.2) is 167 Å². The number of nitrogens with zero attached hydrogens (tertiary/aromatic N) is 2. The highest BCUT2D eigenvalue weighted by Crippen LogP contribution is 2.38. The van der Waals surface area contributed by atoms with Crippen molar-refractivity contribution in [3.8, 4) is 22.6 Å². The second kappa shape index (κ2) is 11.3. The standard InChI is InChI=1S/C41H32N2O/c1-4-11-29(12-5-1)30-19-23-34(24-20-30)43(33-15-8-3-9-16-33)35-25-21-31(22-26-35)36-17-10-18-38-37(36)27-28-39-40(38)42-41(44-39)32-13-6-2-7-14-32/h2-4,6-19,21-28,30H,1,5,20H2. The molecule has 1 atom stereocenters. The minimum absolute atomic E-state index is 0.446. The van der Waals surface area contributed by atoms with Gasteiger partial charge in [0.1, 0.15) is 5.52 Å². The summed E-state index contributed by atoms with van der Waals surface area (Å²) in [5.41, 5.74) is 9.95. The number of hydrogen-bond acceptors (Lipinski definition) is 3. The van der Waals surface area contributed by atoms with Crippen LogP contribution in [0.4, 0.5) is 11.4 Å². The highest BCUT2D eigenvalue weighted by Gasteiger charge is 2.19. The third-order valence-corrected chi connectivity index (χ3v) is 8.68. The molecule has 0 saturated carbocycles. The second-order valence-electron chi connectivity index (χ2n) is 11.4. The van der Waals surface area contributed by atoms with Gasteiger partial charge in [-0.1, -0.05) is 97.1 Å². The van der Waals surface area contributed by atoms with E-state index in [1.807, 2.05) is 36.4 Å². The molecule has 5 aromatic carbocycles. The Morgan fingerprint density at radius 1 is 0.636 bits per heavy atom. The van der Waals surface area contributed by atoms with E-state index in [4.69, 9.17) is 9.40 Å². The quantitative estimate of drug-likeness (QED) is 0.200. The van der Waals surface area contributed by atoms with Crippen molar-refractivity contribution in [3.05, 3.63) is 163 Å². The zero-order valence-electron chi connectivity index (χ0n) is 24.4. The number of anilines is 2. The fraction of sp³-hybridized carbons (Fsp3) is 0.0976. The highest BCUT2D eigenvalue weighted by atomic mass is 16.3. The van der Waals surface area contributed by atoms with E-state index in [1.54, 1.807) is 0 Å².